The summed E-state index contributed by atoms with van der Waals surface area (Å²) in [5.41, 5.74) is 1.16. The van der Waals surface area contributed by atoms with Gasteiger partial charge in [0.15, 0.2) is 5.60 Å². The number of nitrogens with zero attached hydrogens (tertiary/aromatic N) is 1. The summed E-state index contributed by atoms with van der Waals surface area (Å²) in [6.07, 6.45) is 1.38. The summed E-state index contributed by atoms with van der Waals surface area (Å²) in [6, 6.07) is 8.44. The van der Waals surface area contributed by atoms with Crippen molar-refractivity contribution in [1.29, 1.82) is 0 Å². The Morgan fingerprint density at radius 3 is 2.46 bits per heavy atom. The van der Waals surface area contributed by atoms with Crippen LogP contribution in [0.3, 0.4) is 0 Å². The number of rotatable bonds is 7. The normalized spacial score (nSPS) is 21.8. The van der Waals surface area contributed by atoms with Gasteiger partial charge in [0.25, 0.3) is 5.91 Å². The zero-order valence-corrected chi connectivity index (χ0v) is 15.5. The summed E-state index contributed by atoms with van der Waals surface area (Å²) in [4.78, 5) is 14.5. The van der Waals surface area contributed by atoms with Crippen molar-refractivity contribution in [2.45, 2.75) is 58.6 Å². The molecule has 2 rings (SSSR count). The summed E-state index contributed by atoms with van der Waals surface area (Å²) < 4.78 is 0. The van der Waals surface area contributed by atoms with Crippen molar-refractivity contribution >= 4 is 5.91 Å². The summed E-state index contributed by atoms with van der Waals surface area (Å²) in [5.74, 6) is 0.869. The van der Waals surface area contributed by atoms with E-state index < -0.39 is 5.60 Å². The number of hydrogen-bond donors (Lipinski definition) is 2. The molecule has 1 amide bonds. The van der Waals surface area contributed by atoms with Crippen LogP contribution in [0.4, 0.5) is 0 Å². The van der Waals surface area contributed by atoms with E-state index in [-0.39, 0.29) is 5.91 Å². The fourth-order valence-corrected chi connectivity index (χ4v) is 3.18. The molecule has 1 heterocycles. The Bertz CT molecular complexity index is 539. The number of benzene rings is 1. The van der Waals surface area contributed by atoms with Gasteiger partial charge < -0.3 is 15.3 Å². The minimum atomic E-state index is -1.26. The van der Waals surface area contributed by atoms with Crippen LogP contribution in [0.5, 0.6) is 0 Å². The van der Waals surface area contributed by atoms with E-state index in [1.807, 2.05) is 0 Å². The first-order chi connectivity index (χ1) is 11.3. The van der Waals surface area contributed by atoms with Crippen molar-refractivity contribution in [1.82, 2.24) is 10.2 Å². The lowest BCUT2D eigenvalue weighted by Gasteiger charge is -2.38. The quantitative estimate of drug-likeness (QED) is 0.807. The largest absolute Gasteiger partial charge is 0.379 e. The molecule has 0 aromatic heterocycles. The minimum absolute atomic E-state index is 0.141. The molecule has 0 saturated carbocycles. The van der Waals surface area contributed by atoms with E-state index in [0.717, 1.165) is 25.1 Å². The Kier molecular flexibility index (Phi) is 6.41. The molecule has 1 aliphatic heterocycles. The van der Waals surface area contributed by atoms with Crippen molar-refractivity contribution < 1.29 is 9.90 Å². The number of carbonyl (C=O) groups is 1. The zero-order valence-electron chi connectivity index (χ0n) is 15.5. The molecule has 1 aromatic rings. The van der Waals surface area contributed by atoms with Crippen LogP contribution in [0.15, 0.2) is 24.3 Å². The highest BCUT2D eigenvalue weighted by molar-refractivity contribution is 5.86. The van der Waals surface area contributed by atoms with Crippen molar-refractivity contribution in [2.75, 3.05) is 19.6 Å². The zero-order chi connectivity index (χ0) is 17.7. The summed E-state index contributed by atoms with van der Waals surface area (Å²) >= 11 is 0. The van der Waals surface area contributed by atoms with Crippen LogP contribution in [-0.2, 0) is 11.3 Å². The van der Waals surface area contributed by atoms with Crippen molar-refractivity contribution in [3.05, 3.63) is 35.4 Å². The van der Waals surface area contributed by atoms with Gasteiger partial charge in [0.05, 0.1) is 0 Å². The second kappa shape index (κ2) is 8.13. The first-order valence-corrected chi connectivity index (χ1v) is 9.13. The average molecular weight is 332 g/mol. The predicted octanol–water partition coefficient (Wildman–Crippen LogP) is 2.91. The summed E-state index contributed by atoms with van der Waals surface area (Å²) in [6.45, 7) is 11.0. The molecule has 1 atom stereocenters. The second-order valence-electron chi connectivity index (χ2n) is 7.78. The number of nitrogens with one attached hydrogen (secondary N) is 1. The van der Waals surface area contributed by atoms with Crippen LogP contribution in [0, 0.1) is 5.92 Å². The van der Waals surface area contributed by atoms with Crippen LogP contribution in [-0.4, -0.2) is 41.1 Å². The van der Waals surface area contributed by atoms with E-state index in [2.05, 4.69) is 57.3 Å². The fraction of sp³-hybridized carbons (Fsp3) is 0.650. The molecule has 24 heavy (non-hydrogen) atoms. The van der Waals surface area contributed by atoms with Gasteiger partial charge in [-0.25, -0.2) is 0 Å². The van der Waals surface area contributed by atoms with Crippen LogP contribution in [0.1, 0.15) is 57.6 Å². The lowest BCUT2D eigenvalue weighted by atomic mass is 9.91. The number of piperidine rings is 1. The van der Waals surface area contributed by atoms with Gasteiger partial charge in [0.2, 0.25) is 0 Å². The smallest absolute Gasteiger partial charge is 0.256 e. The Morgan fingerprint density at radius 2 is 1.88 bits per heavy atom. The van der Waals surface area contributed by atoms with Crippen LogP contribution in [0.25, 0.3) is 0 Å². The van der Waals surface area contributed by atoms with Crippen molar-refractivity contribution in [3.63, 3.8) is 0 Å². The van der Waals surface area contributed by atoms with Crippen LogP contribution in [0.2, 0.25) is 0 Å². The lowest BCUT2D eigenvalue weighted by Crippen LogP contribution is -2.57. The number of carbonyl (C=O) groups excluding carboxylic acids is 1. The summed E-state index contributed by atoms with van der Waals surface area (Å²) in [7, 11) is 0. The number of amides is 1. The highest BCUT2D eigenvalue weighted by Crippen LogP contribution is 2.24. The molecular weight excluding hydrogens is 300 g/mol. The van der Waals surface area contributed by atoms with Crippen molar-refractivity contribution in [3.8, 4) is 0 Å². The molecule has 1 aliphatic rings. The van der Waals surface area contributed by atoms with E-state index in [0.29, 0.717) is 31.3 Å². The molecule has 0 spiro atoms. The summed E-state index contributed by atoms with van der Waals surface area (Å²) in [5, 5.41) is 14.0. The van der Waals surface area contributed by atoms with Gasteiger partial charge in [-0.3, -0.25) is 4.79 Å². The standard InChI is InChI=1S/C20H32N2O2/c1-15(2)12-21-14-20(24)10-5-11-22(19(20)23)13-17-6-8-18(9-7-17)16(3)4/h6-9,15-16,21,24H,5,10-14H2,1-4H3. The molecule has 4 heteroatoms. The third-order valence-electron chi connectivity index (χ3n) is 4.69. The lowest BCUT2D eigenvalue weighted by molar-refractivity contribution is -0.157. The van der Waals surface area contributed by atoms with Gasteiger partial charge in [0.1, 0.15) is 0 Å². The average Bonchev–Trinajstić information content (AvgIpc) is 2.52. The van der Waals surface area contributed by atoms with E-state index in [4.69, 9.17) is 0 Å². The SMILES string of the molecule is CC(C)CNCC1(O)CCCN(Cc2ccc(C(C)C)cc2)C1=O. The number of hydrogen-bond acceptors (Lipinski definition) is 3. The molecule has 1 unspecified atom stereocenters. The van der Waals surface area contributed by atoms with Crippen molar-refractivity contribution in [2.24, 2.45) is 5.92 Å². The topological polar surface area (TPSA) is 52.6 Å². The molecule has 0 radical (unpaired) electrons. The van der Waals surface area contributed by atoms with E-state index >= 15 is 0 Å². The van der Waals surface area contributed by atoms with E-state index in [1.54, 1.807) is 4.90 Å². The Balaban J connectivity index is 1.98. The number of likely N-dealkylation sites (tertiary alicyclic amines) is 1. The van der Waals surface area contributed by atoms with Gasteiger partial charge in [-0.2, -0.15) is 0 Å². The molecule has 1 saturated heterocycles. The van der Waals surface area contributed by atoms with Crippen LogP contribution < -0.4 is 5.32 Å². The third-order valence-corrected chi connectivity index (χ3v) is 4.69. The molecule has 134 valence electrons. The molecule has 0 aliphatic carbocycles. The Morgan fingerprint density at radius 1 is 1.21 bits per heavy atom. The van der Waals surface area contributed by atoms with Gasteiger partial charge in [-0.15, -0.1) is 0 Å². The second-order valence-corrected chi connectivity index (χ2v) is 7.78. The van der Waals surface area contributed by atoms with E-state index in [9.17, 15) is 9.90 Å². The maximum atomic E-state index is 12.7. The fourth-order valence-electron chi connectivity index (χ4n) is 3.18. The predicted molar refractivity (Wildman–Crippen MR) is 97.8 cm³/mol. The van der Waals surface area contributed by atoms with Gasteiger partial charge in [-0.05, 0) is 42.3 Å². The molecular formula is C20H32N2O2. The minimum Gasteiger partial charge on any atom is -0.379 e. The van der Waals surface area contributed by atoms with Gasteiger partial charge >= 0.3 is 0 Å². The molecule has 1 fully saturated rings. The molecule has 1 aromatic carbocycles. The molecule has 0 bridgehead atoms. The van der Waals surface area contributed by atoms with E-state index in [1.165, 1.54) is 5.56 Å². The maximum Gasteiger partial charge on any atom is 0.256 e. The Hall–Kier alpha value is -1.39. The first-order valence-electron chi connectivity index (χ1n) is 9.13. The molecule has 4 nitrogen and oxygen atoms in total. The highest BCUT2D eigenvalue weighted by atomic mass is 16.3. The monoisotopic (exact) mass is 332 g/mol. The molecule has 2 N–H and O–H groups in total. The van der Waals surface area contributed by atoms with Crippen LogP contribution >= 0.6 is 0 Å². The highest BCUT2D eigenvalue weighted by Gasteiger charge is 2.41. The number of aliphatic hydroxyl groups is 1. The van der Waals surface area contributed by atoms with Gasteiger partial charge in [-0.1, -0.05) is 52.0 Å². The first kappa shape index (κ1) is 18.9. The van der Waals surface area contributed by atoms with Gasteiger partial charge in [0, 0.05) is 19.6 Å². The third kappa shape index (κ3) is 4.81. The maximum absolute atomic E-state index is 12.7. The Labute approximate surface area is 146 Å².